The third-order valence-electron chi connectivity index (χ3n) is 2.09. The number of carbonyl (C=O) groups is 2. The Labute approximate surface area is 89.6 Å². The Morgan fingerprint density at radius 3 is 2.47 bits per heavy atom. The van der Waals surface area contributed by atoms with Crippen molar-refractivity contribution in [2.45, 2.75) is 51.7 Å². The molecule has 0 amide bonds. The van der Waals surface area contributed by atoms with E-state index in [9.17, 15) is 9.59 Å². The zero-order valence-corrected chi connectivity index (χ0v) is 9.23. The molecule has 0 aromatic heterocycles. The normalized spacial score (nSPS) is 14.3. The molecule has 0 bridgehead atoms. The zero-order chi connectivity index (χ0) is 11.8. The molecular formula is C10H19NO4. The molecule has 5 heteroatoms. The Balaban J connectivity index is 3.80. The van der Waals surface area contributed by atoms with Crippen LogP contribution in [0.5, 0.6) is 0 Å². The van der Waals surface area contributed by atoms with Gasteiger partial charge in [-0.25, -0.2) is 0 Å². The number of nitrogens with two attached hydrogens (primary N) is 1. The van der Waals surface area contributed by atoms with Gasteiger partial charge in [-0.15, -0.1) is 0 Å². The molecule has 0 aliphatic rings. The van der Waals surface area contributed by atoms with Crippen LogP contribution in [0.25, 0.3) is 0 Å². The SMILES string of the molecule is CCCCCC(=O)OC(C)[C@H](N)C(=O)O. The minimum Gasteiger partial charge on any atom is -0.480 e. The summed E-state index contributed by atoms with van der Waals surface area (Å²) in [6.07, 6.45) is 2.30. The fraction of sp³-hybridized carbons (Fsp3) is 0.800. The van der Waals surface area contributed by atoms with Gasteiger partial charge >= 0.3 is 11.9 Å². The van der Waals surface area contributed by atoms with Gasteiger partial charge < -0.3 is 15.6 Å². The summed E-state index contributed by atoms with van der Waals surface area (Å²) in [4.78, 5) is 21.7. The van der Waals surface area contributed by atoms with Crippen LogP contribution < -0.4 is 5.73 Å². The molecule has 0 saturated carbocycles. The summed E-state index contributed by atoms with van der Waals surface area (Å²) in [5, 5.41) is 8.56. The van der Waals surface area contributed by atoms with Gasteiger partial charge in [0.05, 0.1) is 0 Å². The second-order valence-electron chi connectivity index (χ2n) is 3.52. The van der Waals surface area contributed by atoms with Crippen LogP contribution in [0.1, 0.15) is 39.5 Å². The number of esters is 1. The van der Waals surface area contributed by atoms with Crippen LogP contribution in [0.15, 0.2) is 0 Å². The minimum absolute atomic E-state index is 0.324. The number of hydrogen-bond donors (Lipinski definition) is 2. The Morgan fingerprint density at radius 2 is 2.00 bits per heavy atom. The summed E-state index contributed by atoms with van der Waals surface area (Å²) in [5.74, 6) is -1.54. The van der Waals surface area contributed by atoms with E-state index in [4.69, 9.17) is 15.6 Å². The quantitative estimate of drug-likeness (QED) is 0.488. The number of rotatable bonds is 7. The third-order valence-corrected chi connectivity index (χ3v) is 2.09. The van der Waals surface area contributed by atoms with Crippen molar-refractivity contribution in [2.75, 3.05) is 0 Å². The first-order valence-electron chi connectivity index (χ1n) is 5.17. The third kappa shape index (κ3) is 6.06. The second-order valence-corrected chi connectivity index (χ2v) is 3.52. The van der Waals surface area contributed by atoms with E-state index in [1.165, 1.54) is 6.92 Å². The molecule has 0 aromatic carbocycles. The van der Waals surface area contributed by atoms with E-state index < -0.39 is 18.1 Å². The summed E-state index contributed by atoms with van der Waals surface area (Å²) in [7, 11) is 0. The van der Waals surface area contributed by atoms with Gasteiger partial charge in [0.1, 0.15) is 12.1 Å². The van der Waals surface area contributed by atoms with Crippen molar-refractivity contribution in [3.05, 3.63) is 0 Å². The standard InChI is InChI=1S/C10H19NO4/c1-3-4-5-6-8(12)15-7(2)9(11)10(13)14/h7,9H,3-6,11H2,1-2H3,(H,13,14)/t7?,9-/m0/s1. The van der Waals surface area contributed by atoms with Crippen molar-refractivity contribution in [2.24, 2.45) is 5.73 Å². The van der Waals surface area contributed by atoms with Crippen molar-refractivity contribution in [3.8, 4) is 0 Å². The predicted molar refractivity (Wildman–Crippen MR) is 55.3 cm³/mol. The molecule has 0 rings (SSSR count). The lowest BCUT2D eigenvalue weighted by Gasteiger charge is -2.16. The number of hydrogen-bond acceptors (Lipinski definition) is 4. The molecule has 0 heterocycles. The highest BCUT2D eigenvalue weighted by Gasteiger charge is 2.23. The van der Waals surface area contributed by atoms with Gasteiger partial charge in [0.2, 0.25) is 0 Å². The molecule has 0 aromatic rings. The van der Waals surface area contributed by atoms with Gasteiger partial charge in [-0.1, -0.05) is 19.8 Å². The van der Waals surface area contributed by atoms with Gasteiger partial charge in [0, 0.05) is 6.42 Å². The molecule has 0 radical (unpaired) electrons. The molecule has 0 saturated heterocycles. The van der Waals surface area contributed by atoms with Gasteiger partial charge in [0.25, 0.3) is 0 Å². The number of aliphatic carboxylic acids is 1. The van der Waals surface area contributed by atoms with E-state index in [1.807, 2.05) is 6.92 Å². The molecule has 3 N–H and O–H groups in total. The monoisotopic (exact) mass is 217 g/mol. The van der Waals surface area contributed by atoms with Crippen molar-refractivity contribution in [1.29, 1.82) is 0 Å². The lowest BCUT2D eigenvalue weighted by molar-refractivity contribution is -0.153. The van der Waals surface area contributed by atoms with Crippen LogP contribution >= 0.6 is 0 Å². The number of carboxylic acids is 1. The highest BCUT2D eigenvalue weighted by Crippen LogP contribution is 2.04. The van der Waals surface area contributed by atoms with Crippen molar-refractivity contribution in [1.82, 2.24) is 0 Å². The predicted octanol–water partition coefficient (Wildman–Crippen LogP) is 0.910. The lowest BCUT2D eigenvalue weighted by atomic mass is 10.2. The molecule has 2 atom stereocenters. The van der Waals surface area contributed by atoms with Crippen molar-refractivity contribution in [3.63, 3.8) is 0 Å². The Hall–Kier alpha value is -1.10. The van der Waals surface area contributed by atoms with Crippen LogP contribution in [0.2, 0.25) is 0 Å². The van der Waals surface area contributed by atoms with Gasteiger partial charge in [0.15, 0.2) is 0 Å². The summed E-state index contributed by atoms with van der Waals surface area (Å²) >= 11 is 0. The first kappa shape index (κ1) is 13.9. The number of ether oxygens (including phenoxy) is 1. The maximum atomic E-state index is 11.2. The van der Waals surface area contributed by atoms with Gasteiger partial charge in [-0.3, -0.25) is 9.59 Å². The second kappa shape index (κ2) is 7.23. The summed E-state index contributed by atoms with van der Waals surface area (Å²) in [6, 6.07) is -1.15. The van der Waals surface area contributed by atoms with Crippen LogP contribution in [0.3, 0.4) is 0 Å². The molecular weight excluding hydrogens is 198 g/mol. The summed E-state index contributed by atoms with van der Waals surface area (Å²) < 4.78 is 4.88. The average Bonchev–Trinajstić information content (AvgIpc) is 2.16. The molecule has 0 fully saturated rings. The lowest BCUT2D eigenvalue weighted by Crippen LogP contribution is -2.42. The van der Waals surface area contributed by atoms with Crippen LogP contribution in [0, 0.1) is 0 Å². The van der Waals surface area contributed by atoms with Crippen LogP contribution in [0.4, 0.5) is 0 Å². The number of carbonyl (C=O) groups excluding carboxylic acids is 1. The fourth-order valence-electron chi connectivity index (χ4n) is 1.06. The molecule has 0 aliphatic carbocycles. The van der Waals surface area contributed by atoms with Gasteiger partial charge in [-0.2, -0.15) is 0 Å². The molecule has 1 unspecified atom stereocenters. The maximum absolute atomic E-state index is 11.2. The average molecular weight is 217 g/mol. The van der Waals surface area contributed by atoms with E-state index >= 15 is 0 Å². The molecule has 0 aliphatic heterocycles. The highest BCUT2D eigenvalue weighted by atomic mass is 16.5. The van der Waals surface area contributed by atoms with E-state index in [0.29, 0.717) is 6.42 Å². The minimum atomic E-state index is -1.16. The largest absolute Gasteiger partial charge is 0.480 e. The molecule has 5 nitrogen and oxygen atoms in total. The maximum Gasteiger partial charge on any atom is 0.324 e. The van der Waals surface area contributed by atoms with Crippen LogP contribution in [-0.2, 0) is 14.3 Å². The van der Waals surface area contributed by atoms with Crippen molar-refractivity contribution >= 4 is 11.9 Å². The first-order valence-corrected chi connectivity index (χ1v) is 5.17. The Kier molecular flexibility index (Phi) is 6.70. The van der Waals surface area contributed by atoms with Crippen LogP contribution in [-0.4, -0.2) is 29.2 Å². The number of unbranched alkanes of at least 4 members (excludes halogenated alkanes) is 2. The fourth-order valence-corrected chi connectivity index (χ4v) is 1.06. The topological polar surface area (TPSA) is 89.6 Å². The van der Waals surface area contributed by atoms with Gasteiger partial charge in [-0.05, 0) is 13.3 Å². The van der Waals surface area contributed by atoms with Crippen molar-refractivity contribution < 1.29 is 19.4 Å². The Bertz CT molecular complexity index is 217. The number of carboxylic acid groups (broad SMARTS) is 1. The molecule has 88 valence electrons. The smallest absolute Gasteiger partial charge is 0.324 e. The summed E-state index contributed by atoms with van der Waals surface area (Å²) in [6.45, 7) is 3.52. The van der Waals surface area contributed by atoms with E-state index in [1.54, 1.807) is 0 Å². The van der Waals surface area contributed by atoms with E-state index in [2.05, 4.69) is 0 Å². The first-order chi connectivity index (χ1) is 6.99. The Morgan fingerprint density at radius 1 is 1.40 bits per heavy atom. The zero-order valence-electron chi connectivity index (χ0n) is 9.23. The highest BCUT2D eigenvalue weighted by molar-refractivity contribution is 5.75. The molecule has 0 spiro atoms. The van der Waals surface area contributed by atoms with E-state index in [-0.39, 0.29) is 5.97 Å². The molecule has 15 heavy (non-hydrogen) atoms. The summed E-state index contributed by atoms with van der Waals surface area (Å²) in [5.41, 5.74) is 5.29. The van der Waals surface area contributed by atoms with E-state index in [0.717, 1.165) is 19.3 Å².